The number of nitriles is 1. The molecular formula is C71H143N5O3. The Morgan fingerprint density at radius 1 is 0.835 bits per heavy atom. The van der Waals surface area contributed by atoms with Crippen LogP contribution in [0.15, 0.2) is 71.7 Å². The lowest BCUT2D eigenvalue weighted by molar-refractivity contribution is -0.118. The molecule has 0 aliphatic carbocycles. The van der Waals surface area contributed by atoms with E-state index in [1.54, 1.807) is 0 Å². The molecule has 79 heavy (non-hydrogen) atoms. The van der Waals surface area contributed by atoms with E-state index in [0.717, 1.165) is 73.1 Å². The number of nitrogens with zero attached hydrogens (tertiary/aromatic N) is 3. The molecule has 1 aliphatic heterocycles. The van der Waals surface area contributed by atoms with Crippen LogP contribution in [0.1, 0.15) is 269 Å². The van der Waals surface area contributed by atoms with Crippen LogP contribution >= 0.6 is 0 Å². The second kappa shape index (κ2) is 61.3. The van der Waals surface area contributed by atoms with Crippen molar-refractivity contribution < 1.29 is 14.3 Å². The number of ether oxygens (including phenoxy) is 2. The molecule has 3 N–H and O–H groups in total. The standard InChI is InChI=1S/C30H59N3O3.C20H29N.C9H21N.C4H10.4C2H6/c1-11-27(12-2)24(6)25(7)33(10)20-22(4)19-30(9,21-32)29(14-16-34)36-28(13-3)18-23(5)26(8)35-17-15-31;1-6-8-9-11-18-12-10-13-21-15-20(16(3)4)17(5)19(7-2)14-18;1-6-9(10(4)5)7-8(2)3;1-3-4-2;4*1-2/h16,22-29H,11-15,17-20,31H2,1-10H3;10,12-15,21H,3,5-9,11H2,1-2,4H3;8-9H,6-7H2,1-5H3;3-4H2,1-2H3;4*1-2H3/b;13-10+,18-12-,19-14+,20-15-;;;;;;/t22-,23?,24-,25?,26-,28+,29-,30+;;;;;;;/m1......./s1. The fourth-order valence-corrected chi connectivity index (χ4v) is 9.35. The van der Waals surface area contributed by atoms with Gasteiger partial charge in [0, 0.05) is 44.0 Å². The summed E-state index contributed by atoms with van der Waals surface area (Å²) in [4.78, 5) is 16.4. The van der Waals surface area contributed by atoms with Gasteiger partial charge in [-0.1, -0.05) is 209 Å². The van der Waals surface area contributed by atoms with Crippen LogP contribution in [0.25, 0.3) is 0 Å². The van der Waals surface area contributed by atoms with Crippen LogP contribution in [0.3, 0.4) is 0 Å². The third-order valence-electron chi connectivity index (χ3n) is 14.8. The van der Waals surface area contributed by atoms with Crippen LogP contribution in [0, 0.1) is 46.3 Å². The van der Waals surface area contributed by atoms with Crippen molar-refractivity contribution in [1.82, 2.24) is 15.1 Å². The van der Waals surface area contributed by atoms with E-state index >= 15 is 0 Å². The van der Waals surface area contributed by atoms with Crippen LogP contribution in [0.4, 0.5) is 0 Å². The van der Waals surface area contributed by atoms with Crippen molar-refractivity contribution in [3.63, 3.8) is 0 Å². The Morgan fingerprint density at radius 2 is 1.39 bits per heavy atom. The Hall–Kier alpha value is -2.80. The van der Waals surface area contributed by atoms with Crippen LogP contribution in [0.5, 0.6) is 0 Å². The van der Waals surface area contributed by atoms with Crippen molar-refractivity contribution in [3.05, 3.63) is 71.7 Å². The topological polar surface area (TPSA) is 104 Å². The fraction of sp³-hybridized carbons (Fsp3) is 0.803. The van der Waals surface area contributed by atoms with Gasteiger partial charge >= 0.3 is 0 Å². The molecule has 0 fully saturated rings. The molecule has 1 aliphatic rings. The summed E-state index contributed by atoms with van der Waals surface area (Å²) in [6.45, 7) is 63.7. The lowest BCUT2D eigenvalue weighted by Gasteiger charge is -2.39. The van der Waals surface area contributed by atoms with E-state index in [1.807, 2.05) is 81.6 Å². The Balaban J connectivity index is -0.000000201. The molecule has 1 heterocycles. The lowest BCUT2D eigenvalue weighted by atomic mass is 9.76. The summed E-state index contributed by atoms with van der Waals surface area (Å²) >= 11 is 0. The Morgan fingerprint density at radius 3 is 1.78 bits per heavy atom. The number of nitrogens with two attached hydrogens (primary N) is 1. The van der Waals surface area contributed by atoms with Crippen molar-refractivity contribution in [2.75, 3.05) is 40.8 Å². The summed E-state index contributed by atoms with van der Waals surface area (Å²) in [5.41, 5.74) is 10.7. The highest BCUT2D eigenvalue weighted by Crippen LogP contribution is 2.36. The molecule has 0 radical (unpaired) electrons. The average Bonchev–Trinajstić information content (AvgIpc) is 3.45. The summed E-state index contributed by atoms with van der Waals surface area (Å²) < 4.78 is 12.3. The first-order valence-corrected chi connectivity index (χ1v) is 32.6. The molecular weight excluding hydrogens is 971 g/mol. The van der Waals surface area contributed by atoms with Gasteiger partial charge in [0.15, 0.2) is 0 Å². The van der Waals surface area contributed by atoms with Crippen LogP contribution in [-0.2, 0) is 14.3 Å². The van der Waals surface area contributed by atoms with E-state index in [1.165, 1.54) is 68.9 Å². The third kappa shape index (κ3) is 45.4. The summed E-state index contributed by atoms with van der Waals surface area (Å²) in [6, 6.07) is 3.80. The van der Waals surface area contributed by atoms with E-state index in [0.29, 0.717) is 37.5 Å². The molecule has 0 spiro atoms. The van der Waals surface area contributed by atoms with E-state index < -0.39 is 11.5 Å². The van der Waals surface area contributed by atoms with Gasteiger partial charge in [-0.05, 0) is 164 Å². The zero-order valence-corrected chi connectivity index (χ0v) is 58.5. The molecule has 9 atom stereocenters. The number of carbonyl (C=O) groups excluding carboxylic acids is 1. The minimum Gasteiger partial charge on any atom is -0.377 e. The molecule has 0 saturated carbocycles. The smallest absolute Gasteiger partial charge is 0.122 e. The number of allylic oxidation sites excluding steroid dienone is 8. The van der Waals surface area contributed by atoms with Crippen LogP contribution in [0.2, 0.25) is 0 Å². The van der Waals surface area contributed by atoms with Crippen molar-refractivity contribution in [2.45, 2.75) is 300 Å². The SMILES string of the molecule is C=C(C)/C1=C/N/C=C/C=C(CCCCC)\C=C(/CC)C1=C.CC.CC.CC.CC.CCC(CC(C)C)N(C)C.CCC(CC)[C@H](C)C(C)N(C)C[C@H](C)C[C@@](C)(C#N)[C@@H](CC=O)O[C@@H](CC)CC(C)[C@@H](C)OCCN.CCCC. The van der Waals surface area contributed by atoms with Gasteiger partial charge in [0.05, 0.1) is 36.4 Å². The summed E-state index contributed by atoms with van der Waals surface area (Å²) in [7, 11) is 6.53. The van der Waals surface area contributed by atoms with E-state index in [9.17, 15) is 10.1 Å². The van der Waals surface area contributed by atoms with Crippen molar-refractivity contribution in [3.8, 4) is 6.07 Å². The fourth-order valence-electron chi connectivity index (χ4n) is 9.35. The molecule has 0 aromatic heterocycles. The van der Waals surface area contributed by atoms with E-state index in [-0.39, 0.29) is 24.5 Å². The van der Waals surface area contributed by atoms with E-state index in [2.05, 4.69) is 178 Å². The maximum absolute atomic E-state index is 11.6. The minimum absolute atomic E-state index is 0.0274. The van der Waals surface area contributed by atoms with Crippen molar-refractivity contribution in [2.24, 2.45) is 40.7 Å². The molecule has 0 aromatic rings. The zero-order chi connectivity index (χ0) is 63.1. The number of rotatable bonds is 32. The van der Waals surface area contributed by atoms with E-state index in [4.69, 9.17) is 15.2 Å². The van der Waals surface area contributed by atoms with Crippen LogP contribution < -0.4 is 11.1 Å². The molecule has 8 heteroatoms. The second-order valence-corrected chi connectivity index (χ2v) is 21.8. The first kappa shape index (κ1) is 90.0. The predicted molar refractivity (Wildman–Crippen MR) is 359 cm³/mol. The Bertz CT molecular complexity index is 1530. The van der Waals surface area contributed by atoms with Gasteiger partial charge in [0.1, 0.15) is 6.29 Å². The molecule has 0 amide bonds. The maximum atomic E-state index is 11.6. The first-order chi connectivity index (χ1) is 37.5. The second-order valence-electron chi connectivity index (χ2n) is 21.8. The predicted octanol–water partition coefficient (Wildman–Crippen LogP) is 20.3. The molecule has 0 bridgehead atoms. The lowest BCUT2D eigenvalue weighted by Crippen LogP contribution is -2.43. The zero-order valence-electron chi connectivity index (χ0n) is 58.5. The summed E-state index contributed by atoms with van der Waals surface area (Å²) in [6.07, 6.45) is 27.2. The first-order valence-electron chi connectivity index (χ1n) is 32.6. The highest BCUT2D eigenvalue weighted by Gasteiger charge is 2.39. The Kier molecular flexibility index (Phi) is 69.8. The maximum Gasteiger partial charge on any atom is 0.122 e. The molecule has 3 unspecified atom stereocenters. The third-order valence-corrected chi connectivity index (χ3v) is 14.8. The van der Waals surface area contributed by atoms with Gasteiger partial charge in [0.25, 0.3) is 0 Å². The van der Waals surface area contributed by atoms with Gasteiger partial charge in [-0.3, -0.25) is 0 Å². The van der Waals surface area contributed by atoms with Gasteiger partial charge in [-0.15, -0.1) is 0 Å². The number of aldehydes is 1. The average molecular weight is 1110 g/mol. The van der Waals surface area contributed by atoms with Gasteiger partial charge in [0.2, 0.25) is 0 Å². The minimum atomic E-state index is -0.732. The van der Waals surface area contributed by atoms with Crippen molar-refractivity contribution >= 4 is 6.29 Å². The Labute approximate surface area is 497 Å². The summed E-state index contributed by atoms with van der Waals surface area (Å²) in [5.74, 6) is 2.76. The summed E-state index contributed by atoms with van der Waals surface area (Å²) in [5, 5.41) is 13.5. The normalized spacial score (nSPS) is 18.1. The molecule has 0 aromatic carbocycles. The monoisotopic (exact) mass is 1110 g/mol. The van der Waals surface area contributed by atoms with Gasteiger partial charge < -0.3 is 35.1 Å². The van der Waals surface area contributed by atoms with Gasteiger partial charge in [-0.2, -0.15) is 5.26 Å². The molecule has 0 saturated heterocycles. The van der Waals surface area contributed by atoms with Gasteiger partial charge in [-0.25, -0.2) is 0 Å². The number of unbranched alkanes of at least 4 members (excludes halogenated alkanes) is 3. The molecule has 1 rings (SSSR count). The largest absolute Gasteiger partial charge is 0.377 e. The quantitative estimate of drug-likeness (QED) is 0.0507. The molecule has 8 nitrogen and oxygen atoms in total. The number of nitrogens with one attached hydrogen (secondary N) is 1. The highest BCUT2D eigenvalue weighted by atomic mass is 16.5. The highest BCUT2D eigenvalue weighted by molar-refractivity contribution is 5.55. The van der Waals surface area contributed by atoms with Crippen molar-refractivity contribution in [1.29, 1.82) is 5.26 Å². The number of carbonyl (C=O) groups is 1. The molecule has 470 valence electrons. The van der Waals surface area contributed by atoms with Crippen LogP contribution in [-0.4, -0.2) is 87.3 Å². The number of hydrogen-bond donors (Lipinski definition) is 2. The number of hydrogen-bond acceptors (Lipinski definition) is 8.